The lowest BCUT2D eigenvalue weighted by Gasteiger charge is -2.33. The molecule has 0 radical (unpaired) electrons. The van der Waals surface area contributed by atoms with Gasteiger partial charge in [-0.1, -0.05) is 112 Å². The van der Waals surface area contributed by atoms with E-state index in [4.69, 9.17) is 23.2 Å². The lowest BCUT2D eigenvalue weighted by atomic mass is 9.86. The number of carbonyl (C=O) groups is 2. The molecule has 0 saturated carbocycles. The summed E-state index contributed by atoms with van der Waals surface area (Å²) in [5.41, 5.74) is 4.00. The van der Waals surface area contributed by atoms with Crippen LogP contribution in [-0.2, 0) is 34.4 Å². The smallest absolute Gasteiger partial charge is 0.243 e. The summed E-state index contributed by atoms with van der Waals surface area (Å²) in [6.45, 7) is 10.7. The van der Waals surface area contributed by atoms with E-state index in [2.05, 4.69) is 50.4 Å². The molecule has 0 heterocycles. The maximum Gasteiger partial charge on any atom is 0.243 e. The average Bonchev–Trinajstić information content (AvgIpc) is 2.90. The molecule has 0 aliphatic rings. The number of amides is 2. The largest absolute Gasteiger partial charge is 0.352 e. The van der Waals surface area contributed by atoms with Gasteiger partial charge >= 0.3 is 0 Å². The molecule has 6 heteroatoms. The first kappa shape index (κ1) is 30.7. The van der Waals surface area contributed by atoms with Gasteiger partial charge in [-0.25, -0.2) is 0 Å². The van der Waals surface area contributed by atoms with E-state index in [9.17, 15) is 9.59 Å². The normalized spacial score (nSPS) is 13.0. The van der Waals surface area contributed by atoms with Crippen molar-refractivity contribution in [1.29, 1.82) is 0 Å². The Morgan fingerprint density at radius 3 is 2.05 bits per heavy atom. The number of aryl methyl sites for hydroxylation is 1. The van der Waals surface area contributed by atoms with Gasteiger partial charge in [0.15, 0.2) is 0 Å². The average molecular weight is 568 g/mol. The number of nitrogens with zero attached hydrogens (tertiary/aromatic N) is 1. The van der Waals surface area contributed by atoms with Crippen LogP contribution in [-0.4, -0.2) is 28.8 Å². The molecule has 0 fully saturated rings. The van der Waals surface area contributed by atoms with Crippen molar-refractivity contribution in [3.8, 4) is 0 Å². The Bertz CT molecular complexity index is 1220. The number of rotatable bonds is 11. The summed E-state index contributed by atoms with van der Waals surface area (Å²) >= 11 is 13.1. The number of benzene rings is 3. The van der Waals surface area contributed by atoms with E-state index < -0.39 is 6.04 Å². The van der Waals surface area contributed by atoms with Gasteiger partial charge in [0, 0.05) is 41.0 Å². The molecule has 0 aliphatic heterocycles. The zero-order valence-corrected chi connectivity index (χ0v) is 25.1. The van der Waals surface area contributed by atoms with Crippen LogP contribution in [0.5, 0.6) is 0 Å². The minimum absolute atomic E-state index is 0.0158. The van der Waals surface area contributed by atoms with Gasteiger partial charge in [-0.15, -0.1) is 0 Å². The fourth-order valence-electron chi connectivity index (χ4n) is 4.42. The summed E-state index contributed by atoms with van der Waals surface area (Å²) in [4.78, 5) is 29.2. The van der Waals surface area contributed by atoms with Crippen LogP contribution in [0.2, 0.25) is 10.0 Å². The quantitative estimate of drug-likeness (QED) is 0.257. The van der Waals surface area contributed by atoms with Crippen molar-refractivity contribution in [3.63, 3.8) is 0 Å². The molecule has 2 amide bonds. The Morgan fingerprint density at radius 1 is 0.872 bits per heavy atom. The highest BCUT2D eigenvalue weighted by atomic mass is 35.5. The summed E-state index contributed by atoms with van der Waals surface area (Å²) in [5.74, 6) is -0.301. The second-order valence-electron chi connectivity index (χ2n) is 11.2. The fraction of sp³-hybridized carbons (Fsp3) is 0.394. The zero-order chi connectivity index (χ0) is 28.6. The van der Waals surface area contributed by atoms with Crippen LogP contribution in [0.3, 0.4) is 0 Å². The highest BCUT2D eigenvalue weighted by molar-refractivity contribution is 6.36. The first-order valence-corrected chi connectivity index (χ1v) is 14.4. The van der Waals surface area contributed by atoms with Crippen molar-refractivity contribution in [2.75, 3.05) is 0 Å². The fourth-order valence-corrected chi connectivity index (χ4v) is 4.93. The summed E-state index contributed by atoms with van der Waals surface area (Å²) in [6, 6.07) is 22.8. The second kappa shape index (κ2) is 14.0. The van der Waals surface area contributed by atoms with E-state index in [1.165, 1.54) is 5.56 Å². The van der Waals surface area contributed by atoms with Crippen LogP contribution in [0.15, 0.2) is 72.8 Å². The lowest BCUT2D eigenvalue weighted by Crippen LogP contribution is -2.52. The third kappa shape index (κ3) is 8.84. The molecule has 0 spiro atoms. The summed E-state index contributed by atoms with van der Waals surface area (Å²) in [5, 5.41) is 4.04. The molecule has 0 aliphatic carbocycles. The third-order valence-corrected chi connectivity index (χ3v) is 7.82. The molecule has 0 bridgehead atoms. The van der Waals surface area contributed by atoms with Gasteiger partial charge in [0.25, 0.3) is 0 Å². The van der Waals surface area contributed by atoms with E-state index in [0.717, 1.165) is 17.5 Å². The molecule has 2 atom stereocenters. The topological polar surface area (TPSA) is 49.4 Å². The number of hydrogen-bond donors (Lipinski definition) is 1. The van der Waals surface area contributed by atoms with Gasteiger partial charge in [0.05, 0.1) is 0 Å². The standard InChI is InChI=1S/C33H40Cl2N2O2/c1-6-23(2)36-32(39)30(21-25-11-8-7-9-12-25)37(22-27-28(34)13-10-14-29(27)35)31(38)20-17-24-15-18-26(19-16-24)33(3,4)5/h7-16,18-19,23,30H,6,17,20-22H2,1-5H3,(H,36,39)/t23-,30+/m0/s1. The van der Waals surface area contributed by atoms with E-state index in [1.807, 2.05) is 44.2 Å². The van der Waals surface area contributed by atoms with E-state index >= 15 is 0 Å². The molecule has 1 N–H and O–H groups in total. The monoisotopic (exact) mass is 566 g/mol. The van der Waals surface area contributed by atoms with Gasteiger partial charge < -0.3 is 10.2 Å². The highest BCUT2D eigenvalue weighted by Gasteiger charge is 2.31. The summed E-state index contributed by atoms with van der Waals surface area (Å²) < 4.78 is 0. The molecule has 39 heavy (non-hydrogen) atoms. The maximum absolute atomic E-state index is 13.9. The number of carbonyl (C=O) groups excluding carboxylic acids is 2. The van der Waals surface area contributed by atoms with Gasteiger partial charge in [-0.2, -0.15) is 0 Å². The Kier molecular flexibility index (Phi) is 11.0. The third-order valence-electron chi connectivity index (χ3n) is 7.11. The van der Waals surface area contributed by atoms with Crippen molar-refractivity contribution >= 4 is 35.0 Å². The van der Waals surface area contributed by atoms with Crippen LogP contribution < -0.4 is 5.32 Å². The maximum atomic E-state index is 13.9. The Hall–Kier alpha value is -2.82. The number of hydrogen-bond acceptors (Lipinski definition) is 2. The van der Waals surface area contributed by atoms with Crippen molar-refractivity contribution < 1.29 is 9.59 Å². The zero-order valence-electron chi connectivity index (χ0n) is 23.6. The molecule has 3 aromatic rings. The van der Waals surface area contributed by atoms with Crippen molar-refractivity contribution in [3.05, 3.63) is 105 Å². The van der Waals surface area contributed by atoms with Crippen LogP contribution >= 0.6 is 23.2 Å². The van der Waals surface area contributed by atoms with Gasteiger partial charge in [-0.05, 0) is 54.0 Å². The Balaban J connectivity index is 1.93. The minimum Gasteiger partial charge on any atom is -0.352 e. The SMILES string of the molecule is CC[C@H](C)NC(=O)[C@@H](Cc1ccccc1)N(Cc1c(Cl)cccc1Cl)C(=O)CCc1ccc(C(C)(C)C)cc1. The number of nitrogens with one attached hydrogen (secondary N) is 1. The molecule has 3 aromatic carbocycles. The Labute approximate surface area is 243 Å². The van der Waals surface area contributed by atoms with Crippen molar-refractivity contribution in [2.45, 2.75) is 84.3 Å². The predicted octanol–water partition coefficient (Wildman–Crippen LogP) is 7.78. The van der Waals surface area contributed by atoms with Gasteiger partial charge in [0.1, 0.15) is 6.04 Å². The van der Waals surface area contributed by atoms with E-state index in [1.54, 1.807) is 23.1 Å². The van der Waals surface area contributed by atoms with Crippen LogP contribution in [0.25, 0.3) is 0 Å². The lowest BCUT2D eigenvalue weighted by molar-refractivity contribution is -0.141. The second-order valence-corrected chi connectivity index (χ2v) is 12.0. The molecule has 0 aromatic heterocycles. The molecular weight excluding hydrogens is 527 g/mol. The molecule has 0 unspecified atom stereocenters. The molecule has 4 nitrogen and oxygen atoms in total. The minimum atomic E-state index is -0.718. The first-order chi connectivity index (χ1) is 18.5. The van der Waals surface area contributed by atoms with Gasteiger partial charge in [0.2, 0.25) is 11.8 Å². The summed E-state index contributed by atoms with van der Waals surface area (Å²) in [6.07, 6.45) is 2.01. The van der Waals surface area contributed by atoms with E-state index in [-0.39, 0.29) is 36.2 Å². The van der Waals surface area contributed by atoms with Crippen molar-refractivity contribution in [1.82, 2.24) is 10.2 Å². The van der Waals surface area contributed by atoms with Crippen molar-refractivity contribution in [2.24, 2.45) is 0 Å². The number of halogens is 2. The highest BCUT2D eigenvalue weighted by Crippen LogP contribution is 2.28. The molecule has 0 saturated heterocycles. The molecule has 208 valence electrons. The van der Waals surface area contributed by atoms with Gasteiger partial charge in [-0.3, -0.25) is 9.59 Å². The van der Waals surface area contributed by atoms with Crippen LogP contribution in [0.4, 0.5) is 0 Å². The van der Waals surface area contributed by atoms with Crippen LogP contribution in [0.1, 0.15) is 69.7 Å². The van der Waals surface area contributed by atoms with E-state index in [0.29, 0.717) is 28.5 Å². The molecule has 3 rings (SSSR count). The molecular formula is C33H40Cl2N2O2. The first-order valence-electron chi connectivity index (χ1n) is 13.7. The predicted molar refractivity (Wildman–Crippen MR) is 162 cm³/mol. The summed E-state index contributed by atoms with van der Waals surface area (Å²) in [7, 11) is 0. The van der Waals surface area contributed by atoms with Crippen LogP contribution in [0, 0.1) is 0 Å². The Morgan fingerprint density at radius 2 is 1.49 bits per heavy atom.